The Morgan fingerprint density at radius 3 is 2.81 bits per heavy atom. The number of amidine groups is 1. The van der Waals surface area contributed by atoms with E-state index in [9.17, 15) is 0 Å². The van der Waals surface area contributed by atoms with Crippen molar-refractivity contribution in [1.82, 2.24) is 15.3 Å². The third-order valence-corrected chi connectivity index (χ3v) is 2.24. The molecule has 16 heavy (non-hydrogen) atoms. The van der Waals surface area contributed by atoms with Crippen LogP contribution in [0, 0.1) is 6.92 Å². The van der Waals surface area contributed by atoms with E-state index < -0.39 is 0 Å². The van der Waals surface area contributed by atoms with E-state index in [1.54, 1.807) is 12.4 Å². The zero-order valence-corrected chi connectivity index (χ0v) is 9.51. The van der Waals surface area contributed by atoms with Gasteiger partial charge in [-0.25, -0.2) is 0 Å². The zero-order valence-electron chi connectivity index (χ0n) is 9.51. The van der Waals surface area contributed by atoms with Crippen LogP contribution in [0.1, 0.15) is 24.7 Å². The molecule has 88 valence electrons. The van der Waals surface area contributed by atoms with Crippen LogP contribution in [0.3, 0.4) is 0 Å². The molecular formula is C10H17N5O. The summed E-state index contributed by atoms with van der Waals surface area (Å²) < 4.78 is 0. The highest BCUT2D eigenvalue weighted by molar-refractivity contribution is 5.85. The van der Waals surface area contributed by atoms with E-state index in [1.807, 2.05) is 13.8 Å². The van der Waals surface area contributed by atoms with Crippen LogP contribution < -0.4 is 11.1 Å². The second kappa shape index (κ2) is 6.02. The predicted octanol–water partition coefficient (Wildman–Crippen LogP) is 0.400. The van der Waals surface area contributed by atoms with Crippen molar-refractivity contribution in [2.75, 3.05) is 0 Å². The molecule has 0 bridgehead atoms. The first-order chi connectivity index (χ1) is 7.67. The summed E-state index contributed by atoms with van der Waals surface area (Å²) in [5, 5.41) is 14.7. The minimum absolute atomic E-state index is 0.145. The smallest absolute Gasteiger partial charge is 0.156 e. The maximum atomic E-state index is 8.56. The molecule has 0 fully saturated rings. The zero-order chi connectivity index (χ0) is 12.0. The van der Waals surface area contributed by atoms with E-state index in [-0.39, 0.29) is 11.9 Å². The van der Waals surface area contributed by atoms with Gasteiger partial charge in [-0.05, 0) is 13.3 Å². The van der Waals surface area contributed by atoms with Gasteiger partial charge < -0.3 is 16.3 Å². The van der Waals surface area contributed by atoms with Crippen LogP contribution in [-0.2, 0) is 6.54 Å². The largest absolute Gasteiger partial charge is 0.409 e. The molecule has 6 heteroatoms. The molecule has 1 rings (SSSR count). The molecule has 1 aromatic rings. The fourth-order valence-corrected chi connectivity index (χ4v) is 1.27. The van der Waals surface area contributed by atoms with Crippen LogP contribution >= 0.6 is 0 Å². The normalized spacial score (nSPS) is 13.8. The standard InChI is InChI=1S/C10H17N5O/c1-3-9(10(11)15-16)14-6-8-5-12-7(2)4-13-8/h4-5,9,14,16H,3,6H2,1-2H3,(H2,11,15). The molecule has 1 aromatic heterocycles. The molecule has 0 saturated carbocycles. The minimum Gasteiger partial charge on any atom is -0.409 e. The molecule has 1 atom stereocenters. The average molecular weight is 223 g/mol. The predicted molar refractivity (Wildman–Crippen MR) is 61.1 cm³/mol. The van der Waals surface area contributed by atoms with Crippen LogP contribution in [-0.4, -0.2) is 27.1 Å². The first-order valence-corrected chi connectivity index (χ1v) is 5.15. The summed E-state index contributed by atoms with van der Waals surface area (Å²) in [7, 11) is 0. The summed E-state index contributed by atoms with van der Waals surface area (Å²) in [6.07, 6.45) is 4.16. The second-order valence-electron chi connectivity index (χ2n) is 3.52. The fraction of sp³-hybridized carbons (Fsp3) is 0.500. The van der Waals surface area contributed by atoms with E-state index in [1.165, 1.54) is 0 Å². The topological polar surface area (TPSA) is 96.4 Å². The monoisotopic (exact) mass is 223 g/mol. The lowest BCUT2D eigenvalue weighted by Crippen LogP contribution is -2.40. The van der Waals surface area contributed by atoms with Crippen molar-refractivity contribution >= 4 is 5.84 Å². The lowest BCUT2D eigenvalue weighted by Gasteiger charge is -2.14. The Labute approximate surface area is 94.6 Å². The Morgan fingerprint density at radius 1 is 1.56 bits per heavy atom. The Bertz CT molecular complexity index is 349. The van der Waals surface area contributed by atoms with Crippen LogP contribution in [0.5, 0.6) is 0 Å². The van der Waals surface area contributed by atoms with Crippen molar-refractivity contribution in [2.45, 2.75) is 32.9 Å². The maximum absolute atomic E-state index is 8.56. The third kappa shape index (κ3) is 3.47. The average Bonchev–Trinajstić information content (AvgIpc) is 2.31. The summed E-state index contributed by atoms with van der Waals surface area (Å²) >= 11 is 0. The first-order valence-electron chi connectivity index (χ1n) is 5.15. The summed E-state index contributed by atoms with van der Waals surface area (Å²) in [5.74, 6) is 0.183. The van der Waals surface area contributed by atoms with Gasteiger partial charge in [-0.3, -0.25) is 9.97 Å². The van der Waals surface area contributed by atoms with Crippen molar-refractivity contribution in [3.05, 3.63) is 23.8 Å². The summed E-state index contributed by atoms with van der Waals surface area (Å²) in [4.78, 5) is 8.34. The van der Waals surface area contributed by atoms with E-state index in [4.69, 9.17) is 10.9 Å². The molecule has 1 unspecified atom stereocenters. The van der Waals surface area contributed by atoms with Gasteiger partial charge in [0.05, 0.1) is 17.4 Å². The van der Waals surface area contributed by atoms with Crippen molar-refractivity contribution in [1.29, 1.82) is 0 Å². The number of hydrogen-bond acceptors (Lipinski definition) is 5. The highest BCUT2D eigenvalue weighted by Gasteiger charge is 2.10. The molecule has 0 aliphatic heterocycles. The van der Waals surface area contributed by atoms with E-state index in [0.29, 0.717) is 6.54 Å². The van der Waals surface area contributed by atoms with Crippen molar-refractivity contribution in [3.8, 4) is 0 Å². The van der Waals surface area contributed by atoms with Gasteiger partial charge in [0.15, 0.2) is 5.84 Å². The Kier molecular flexibility index (Phi) is 4.65. The van der Waals surface area contributed by atoms with Gasteiger partial charge in [0.1, 0.15) is 0 Å². The highest BCUT2D eigenvalue weighted by atomic mass is 16.4. The van der Waals surface area contributed by atoms with Gasteiger partial charge in [0.25, 0.3) is 0 Å². The molecule has 0 aliphatic rings. The molecule has 0 spiro atoms. The van der Waals surface area contributed by atoms with Gasteiger partial charge in [0, 0.05) is 18.9 Å². The number of hydrogen-bond donors (Lipinski definition) is 3. The van der Waals surface area contributed by atoms with Crippen LogP contribution in [0.2, 0.25) is 0 Å². The number of oxime groups is 1. The number of aryl methyl sites for hydroxylation is 1. The van der Waals surface area contributed by atoms with E-state index in [0.717, 1.165) is 17.8 Å². The summed E-state index contributed by atoms with van der Waals surface area (Å²) in [5.41, 5.74) is 7.23. The third-order valence-electron chi connectivity index (χ3n) is 2.24. The molecule has 6 nitrogen and oxygen atoms in total. The minimum atomic E-state index is -0.145. The number of nitrogens with two attached hydrogens (primary N) is 1. The highest BCUT2D eigenvalue weighted by Crippen LogP contribution is 1.97. The Balaban J connectivity index is 2.53. The fourth-order valence-electron chi connectivity index (χ4n) is 1.27. The molecule has 0 aromatic carbocycles. The summed E-state index contributed by atoms with van der Waals surface area (Å²) in [6.45, 7) is 4.38. The second-order valence-corrected chi connectivity index (χ2v) is 3.52. The molecule has 0 amide bonds. The van der Waals surface area contributed by atoms with Crippen LogP contribution in [0.25, 0.3) is 0 Å². The van der Waals surface area contributed by atoms with Gasteiger partial charge >= 0.3 is 0 Å². The molecule has 0 saturated heterocycles. The molecular weight excluding hydrogens is 206 g/mol. The van der Waals surface area contributed by atoms with Crippen molar-refractivity contribution in [3.63, 3.8) is 0 Å². The number of aromatic nitrogens is 2. The maximum Gasteiger partial charge on any atom is 0.156 e. The molecule has 0 aliphatic carbocycles. The first kappa shape index (κ1) is 12.4. The number of nitrogens with zero attached hydrogens (tertiary/aromatic N) is 3. The lowest BCUT2D eigenvalue weighted by molar-refractivity contribution is 0.314. The van der Waals surface area contributed by atoms with E-state index in [2.05, 4.69) is 20.4 Å². The van der Waals surface area contributed by atoms with E-state index >= 15 is 0 Å². The SMILES string of the molecule is CCC(NCc1cnc(C)cn1)C(N)=NO. The molecule has 0 radical (unpaired) electrons. The van der Waals surface area contributed by atoms with Crippen LogP contribution in [0.15, 0.2) is 17.5 Å². The van der Waals surface area contributed by atoms with Gasteiger partial charge in [-0.15, -0.1) is 0 Å². The van der Waals surface area contributed by atoms with Gasteiger partial charge in [0.2, 0.25) is 0 Å². The Hall–Kier alpha value is -1.69. The molecule has 4 N–H and O–H groups in total. The Morgan fingerprint density at radius 2 is 2.31 bits per heavy atom. The molecule has 1 heterocycles. The van der Waals surface area contributed by atoms with Crippen LogP contribution in [0.4, 0.5) is 0 Å². The summed E-state index contributed by atoms with van der Waals surface area (Å²) in [6, 6.07) is -0.145. The van der Waals surface area contributed by atoms with Gasteiger partial charge in [-0.2, -0.15) is 0 Å². The lowest BCUT2D eigenvalue weighted by atomic mass is 10.2. The van der Waals surface area contributed by atoms with Crippen molar-refractivity contribution in [2.24, 2.45) is 10.9 Å². The number of rotatable bonds is 5. The quantitative estimate of drug-likeness (QED) is 0.290. The number of nitrogens with one attached hydrogen (secondary N) is 1. The van der Waals surface area contributed by atoms with Crippen molar-refractivity contribution < 1.29 is 5.21 Å². The van der Waals surface area contributed by atoms with Gasteiger partial charge in [-0.1, -0.05) is 12.1 Å².